The van der Waals surface area contributed by atoms with E-state index < -0.39 is 6.10 Å². The third-order valence-corrected chi connectivity index (χ3v) is 2.92. The number of rotatable bonds is 5. The summed E-state index contributed by atoms with van der Waals surface area (Å²) in [4.78, 5) is 0. The van der Waals surface area contributed by atoms with Crippen molar-refractivity contribution in [1.29, 1.82) is 0 Å². The quantitative estimate of drug-likeness (QED) is 0.865. The Morgan fingerprint density at radius 3 is 2.05 bits per heavy atom. The SMILES string of the molecule is CNCC(O)c1ccc(Oc2ccc(C)cc2)cc1. The predicted molar refractivity (Wildman–Crippen MR) is 76.6 cm³/mol. The maximum Gasteiger partial charge on any atom is 0.127 e. The van der Waals surface area contributed by atoms with Crippen molar-refractivity contribution in [3.8, 4) is 11.5 Å². The summed E-state index contributed by atoms with van der Waals surface area (Å²) in [5, 5.41) is 12.8. The van der Waals surface area contributed by atoms with Crippen LogP contribution in [0.3, 0.4) is 0 Å². The molecule has 0 heterocycles. The summed E-state index contributed by atoms with van der Waals surface area (Å²) in [6.45, 7) is 2.58. The minimum atomic E-state index is -0.488. The average Bonchev–Trinajstić information content (AvgIpc) is 2.42. The van der Waals surface area contributed by atoms with Crippen molar-refractivity contribution in [2.75, 3.05) is 13.6 Å². The second kappa shape index (κ2) is 6.36. The van der Waals surface area contributed by atoms with Crippen LogP contribution in [-0.4, -0.2) is 18.7 Å². The van der Waals surface area contributed by atoms with Gasteiger partial charge in [0, 0.05) is 6.54 Å². The first-order valence-corrected chi connectivity index (χ1v) is 6.36. The highest BCUT2D eigenvalue weighted by molar-refractivity contribution is 5.34. The van der Waals surface area contributed by atoms with Crippen LogP contribution in [0.4, 0.5) is 0 Å². The summed E-state index contributed by atoms with van der Waals surface area (Å²) in [5.41, 5.74) is 2.09. The van der Waals surface area contributed by atoms with E-state index in [9.17, 15) is 5.11 Å². The van der Waals surface area contributed by atoms with Crippen molar-refractivity contribution < 1.29 is 9.84 Å². The van der Waals surface area contributed by atoms with Gasteiger partial charge < -0.3 is 15.2 Å². The first-order valence-electron chi connectivity index (χ1n) is 6.36. The van der Waals surface area contributed by atoms with Crippen LogP contribution in [0.1, 0.15) is 17.2 Å². The molecular weight excluding hydrogens is 238 g/mol. The summed E-state index contributed by atoms with van der Waals surface area (Å²) in [6.07, 6.45) is -0.488. The molecule has 0 bridgehead atoms. The van der Waals surface area contributed by atoms with Gasteiger partial charge in [0.2, 0.25) is 0 Å². The summed E-state index contributed by atoms with van der Waals surface area (Å²) in [6, 6.07) is 15.4. The van der Waals surface area contributed by atoms with Gasteiger partial charge in [-0.15, -0.1) is 0 Å². The number of aryl methyl sites for hydroxylation is 1. The van der Waals surface area contributed by atoms with Gasteiger partial charge in [0.05, 0.1) is 6.10 Å². The van der Waals surface area contributed by atoms with Gasteiger partial charge in [0.1, 0.15) is 11.5 Å². The first-order chi connectivity index (χ1) is 9.19. The fourth-order valence-corrected chi connectivity index (χ4v) is 1.81. The van der Waals surface area contributed by atoms with Gasteiger partial charge in [0.25, 0.3) is 0 Å². The zero-order valence-electron chi connectivity index (χ0n) is 11.3. The Morgan fingerprint density at radius 2 is 1.53 bits per heavy atom. The lowest BCUT2D eigenvalue weighted by molar-refractivity contribution is 0.177. The van der Waals surface area contributed by atoms with Gasteiger partial charge >= 0.3 is 0 Å². The van der Waals surface area contributed by atoms with Crippen LogP contribution in [-0.2, 0) is 0 Å². The highest BCUT2D eigenvalue weighted by Crippen LogP contribution is 2.23. The van der Waals surface area contributed by atoms with Crippen LogP contribution in [0.15, 0.2) is 48.5 Å². The van der Waals surface area contributed by atoms with Gasteiger partial charge in [0.15, 0.2) is 0 Å². The standard InChI is InChI=1S/C16H19NO2/c1-12-3-7-14(8-4-12)19-15-9-5-13(6-10-15)16(18)11-17-2/h3-10,16-18H,11H2,1-2H3. The molecule has 2 N–H and O–H groups in total. The third-order valence-electron chi connectivity index (χ3n) is 2.92. The summed E-state index contributed by atoms with van der Waals surface area (Å²) < 4.78 is 5.73. The lowest BCUT2D eigenvalue weighted by atomic mass is 10.1. The van der Waals surface area contributed by atoms with Crippen molar-refractivity contribution in [1.82, 2.24) is 5.32 Å². The van der Waals surface area contributed by atoms with E-state index in [1.54, 1.807) is 0 Å². The van der Waals surface area contributed by atoms with Gasteiger partial charge in [-0.3, -0.25) is 0 Å². The van der Waals surface area contributed by atoms with E-state index in [-0.39, 0.29) is 0 Å². The molecule has 0 saturated heterocycles. The molecule has 2 aromatic rings. The topological polar surface area (TPSA) is 41.5 Å². The van der Waals surface area contributed by atoms with E-state index >= 15 is 0 Å². The second-order valence-electron chi connectivity index (χ2n) is 4.56. The molecule has 0 saturated carbocycles. The Kier molecular flexibility index (Phi) is 4.55. The molecule has 0 spiro atoms. The van der Waals surface area contributed by atoms with Crippen molar-refractivity contribution in [3.63, 3.8) is 0 Å². The molecule has 19 heavy (non-hydrogen) atoms. The third kappa shape index (κ3) is 3.81. The minimum Gasteiger partial charge on any atom is -0.457 e. The average molecular weight is 257 g/mol. The Morgan fingerprint density at radius 1 is 1.00 bits per heavy atom. The molecule has 0 radical (unpaired) electrons. The van der Waals surface area contributed by atoms with E-state index in [0.29, 0.717) is 6.54 Å². The number of aliphatic hydroxyl groups excluding tert-OH is 1. The molecular formula is C16H19NO2. The Bertz CT molecular complexity index is 505. The highest BCUT2D eigenvalue weighted by atomic mass is 16.5. The van der Waals surface area contributed by atoms with Crippen LogP contribution in [0.25, 0.3) is 0 Å². The van der Waals surface area contributed by atoms with Crippen LogP contribution in [0.5, 0.6) is 11.5 Å². The highest BCUT2D eigenvalue weighted by Gasteiger charge is 2.06. The van der Waals surface area contributed by atoms with E-state index in [4.69, 9.17) is 4.74 Å². The molecule has 2 rings (SSSR count). The Balaban J connectivity index is 2.04. The van der Waals surface area contributed by atoms with Crippen LogP contribution in [0, 0.1) is 6.92 Å². The van der Waals surface area contributed by atoms with Crippen LogP contribution >= 0.6 is 0 Å². The van der Waals surface area contributed by atoms with Crippen molar-refractivity contribution in [2.24, 2.45) is 0 Å². The molecule has 0 aliphatic heterocycles. The Labute approximate surface area is 113 Å². The molecule has 0 aromatic heterocycles. The van der Waals surface area contributed by atoms with Crippen LogP contribution < -0.4 is 10.1 Å². The molecule has 1 unspecified atom stereocenters. The number of hydrogen-bond donors (Lipinski definition) is 2. The molecule has 0 aliphatic rings. The van der Waals surface area contributed by atoms with E-state index in [0.717, 1.165) is 17.1 Å². The zero-order chi connectivity index (χ0) is 13.7. The van der Waals surface area contributed by atoms with Crippen molar-refractivity contribution in [2.45, 2.75) is 13.0 Å². The molecule has 0 aliphatic carbocycles. The van der Waals surface area contributed by atoms with Crippen molar-refractivity contribution >= 4 is 0 Å². The lowest BCUT2D eigenvalue weighted by Crippen LogP contribution is -2.16. The molecule has 1 atom stereocenters. The normalized spacial score (nSPS) is 12.2. The summed E-state index contributed by atoms with van der Waals surface area (Å²) in [5.74, 6) is 1.58. The van der Waals surface area contributed by atoms with E-state index in [2.05, 4.69) is 5.32 Å². The number of hydrogen-bond acceptors (Lipinski definition) is 3. The van der Waals surface area contributed by atoms with E-state index in [1.165, 1.54) is 5.56 Å². The molecule has 3 nitrogen and oxygen atoms in total. The summed E-state index contributed by atoms with van der Waals surface area (Å²) >= 11 is 0. The Hall–Kier alpha value is -1.84. The molecule has 0 amide bonds. The number of ether oxygens (including phenoxy) is 1. The zero-order valence-corrected chi connectivity index (χ0v) is 11.3. The number of likely N-dealkylation sites (N-methyl/N-ethyl adjacent to an activating group) is 1. The smallest absolute Gasteiger partial charge is 0.127 e. The molecule has 3 heteroatoms. The number of aliphatic hydroxyl groups is 1. The van der Waals surface area contributed by atoms with Crippen molar-refractivity contribution in [3.05, 3.63) is 59.7 Å². The first kappa shape index (κ1) is 13.6. The largest absolute Gasteiger partial charge is 0.457 e. The maximum atomic E-state index is 9.83. The fourth-order valence-electron chi connectivity index (χ4n) is 1.81. The minimum absolute atomic E-state index is 0.488. The lowest BCUT2D eigenvalue weighted by Gasteiger charge is -2.11. The van der Waals surface area contributed by atoms with Gasteiger partial charge in [-0.1, -0.05) is 29.8 Å². The number of benzene rings is 2. The van der Waals surface area contributed by atoms with Gasteiger partial charge in [-0.05, 0) is 43.8 Å². The molecule has 0 fully saturated rings. The molecule has 100 valence electrons. The molecule has 2 aromatic carbocycles. The van der Waals surface area contributed by atoms with Crippen LogP contribution in [0.2, 0.25) is 0 Å². The van der Waals surface area contributed by atoms with Gasteiger partial charge in [-0.2, -0.15) is 0 Å². The van der Waals surface area contributed by atoms with Gasteiger partial charge in [-0.25, -0.2) is 0 Å². The number of nitrogens with one attached hydrogen (secondary N) is 1. The summed E-state index contributed by atoms with van der Waals surface area (Å²) in [7, 11) is 1.82. The predicted octanol–water partition coefficient (Wildman–Crippen LogP) is 3.04. The maximum absolute atomic E-state index is 9.83. The van der Waals surface area contributed by atoms with E-state index in [1.807, 2.05) is 62.5 Å². The monoisotopic (exact) mass is 257 g/mol. The fraction of sp³-hybridized carbons (Fsp3) is 0.250. The second-order valence-corrected chi connectivity index (χ2v) is 4.56.